The summed E-state index contributed by atoms with van der Waals surface area (Å²) in [5.74, 6) is -0.842. The van der Waals surface area contributed by atoms with E-state index in [0.717, 1.165) is 18.4 Å². The smallest absolute Gasteiger partial charge is 0.407 e. The molecule has 1 rings (SSSR count). The van der Waals surface area contributed by atoms with E-state index >= 15 is 0 Å². The highest BCUT2D eigenvalue weighted by molar-refractivity contribution is 5.67. The summed E-state index contributed by atoms with van der Waals surface area (Å²) in [5.41, 5.74) is 1.06. The van der Waals surface area contributed by atoms with E-state index in [-0.39, 0.29) is 13.2 Å². The summed E-state index contributed by atoms with van der Waals surface area (Å²) in [6.45, 7) is 3.33. The molecule has 1 aliphatic carbocycles. The highest BCUT2D eigenvalue weighted by atomic mass is 16.6. The molecule has 7 nitrogen and oxygen atoms in total. The van der Waals surface area contributed by atoms with Crippen LogP contribution in [-0.4, -0.2) is 53.8 Å². The minimum Gasteiger partial charge on any atom is -0.466 e. The third kappa shape index (κ3) is 8.36. The maximum atomic E-state index is 11.4. The molecule has 134 valence electrons. The van der Waals surface area contributed by atoms with Gasteiger partial charge in [-0.15, -0.1) is 0 Å². The molecule has 0 bridgehead atoms. The summed E-state index contributed by atoms with van der Waals surface area (Å²) >= 11 is 0. The average molecular weight is 339 g/mol. The van der Waals surface area contributed by atoms with Gasteiger partial charge in [-0.1, -0.05) is 23.8 Å². The van der Waals surface area contributed by atoms with Crippen LogP contribution >= 0.6 is 0 Å². The Labute approximate surface area is 141 Å². The minimum atomic E-state index is -1.01. The van der Waals surface area contributed by atoms with E-state index in [1.165, 1.54) is 18.7 Å². The number of ether oxygens (including phenoxy) is 2. The molecule has 0 fully saturated rings. The third-order valence-corrected chi connectivity index (χ3v) is 3.56. The van der Waals surface area contributed by atoms with Crippen molar-refractivity contribution in [3.63, 3.8) is 0 Å². The largest absolute Gasteiger partial charge is 0.466 e. The molecular formula is C17H25NO6. The predicted octanol–water partition coefficient (Wildman–Crippen LogP) is 2.52. The van der Waals surface area contributed by atoms with Gasteiger partial charge in [-0.25, -0.2) is 4.79 Å². The second-order valence-corrected chi connectivity index (χ2v) is 5.64. The number of esters is 2. The van der Waals surface area contributed by atoms with Crippen LogP contribution in [0.4, 0.5) is 4.79 Å². The number of carbonyl (C=O) groups excluding carboxylic acids is 2. The van der Waals surface area contributed by atoms with Gasteiger partial charge in [0.1, 0.15) is 6.10 Å². The lowest BCUT2D eigenvalue weighted by atomic mass is 10.0. The first-order valence-corrected chi connectivity index (χ1v) is 8.01. The molecule has 1 N–H and O–H groups in total. The fraction of sp³-hybridized carbons (Fsp3) is 0.588. The Morgan fingerprint density at radius 2 is 2.00 bits per heavy atom. The van der Waals surface area contributed by atoms with Crippen molar-refractivity contribution in [2.45, 2.75) is 45.6 Å². The van der Waals surface area contributed by atoms with E-state index < -0.39 is 24.1 Å². The van der Waals surface area contributed by atoms with E-state index in [4.69, 9.17) is 9.47 Å². The van der Waals surface area contributed by atoms with E-state index in [0.29, 0.717) is 19.4 Å². The molecule has 0 aromatic heterocycles. The zero-order chi connectivity index (χ0) is 17.9. The minimum absolute atomic E-state index is 0.135. The van der Waals surface area contributed by atoms with Gasteiger partial charge in [0.2, 0.25) is 0 Å². The predicted molar refractivity (Wildman–Crippen MR) is 87.5 cm³/mol. The Morgan fingerprint density at radius 3 is 2.54 bits per heavy atom. The molecule has 1 unspecified atom stereocenters. The van der Waals surface area contributed by atoms with Crippen LogP contribution in [0.2, 0.25) is 0 Å². The quantitative estimate of drug-likeness (QED) is 0.649. The van der Waals surface area contributed by atoms with Crippen LogP contribution in [0.25, 0.3) is 0 Å². The van der Waals surface area contributed by atoms with Crippen LogP contribution in [0.15, 0.2) is 23.8 Å². The van der Waals surface area contributed by atoms with Crippen LogP contribution in [0.3, 0.4) is 0 Å². The highest BCUT2D eigenvalue weighted by Crippen LogP contribution is 2.15. The third-order valence-electron chi connectivity index (χ3n) is 3.56. The molecule has 0 saturated carbocycles. The fourth-order valence-corrected chi connectivity index (χ4v) is 2.40. The number of carboxylic acid groups (broad SMARTS) is 1. The van der Waals surface area contributed by atoms with Crippen LogP contribution < -0.4 is 0 Å². The maximum absolute atomic E-state index is 11.4. The van der Waals surface area contributed by atoms with Gasteiger partial charge >= 0.3 is 18.0 Å². The molecule has 1 aliphatic rings. The van der Waals surface area contributed by atoms with Gasteiger partial charge < -0.3 is 19.5 Å². The Kier molecular flexibility index (Phi) is 8.60. The van der Waals surface area contributed by atoms with Gasteiger partial charge in [0.05, 0.1) is 6.61 Å². The van der Waals surface area contributed by atoms with Crippen LogP contribution in [0.1, 0.15) is 39.5 Å². The van der Waals surface area contributed by atoms with E-state index in [9.17, 15) is 19.5 Å². The first kappa shape index (κ1) is 19.7. The summed E-state index contributed by atoms with van der Waals surface area (Å²) in [7, 11) is 0. The topological polar surface area (TPSA) is 93.1 Å². The summed E-state index contributed by atoms with van der Waals surface area (Å²) in [4.78, 5) is 34.7. The Morgan fingerprint density at radius 1 is 1.25 bits per heavy atom. The molecule has 1 atom stereocenters. The normalized spacial score (nSPS) is 14.5. The van der Waals surface area contributed by atoms with Crippen LogP contribution in [0, 0.1) is 0 Å². The number of hydrogen-bond donors (Lipinski definition) is 1. The molecule has 0 aromatic rings. The molecule has 0 aromatic carbocycles. The van der Waals surface area contributed by atoms with Crippen molar-refractivity contribution in [1.29, 1.82) is 0 Å². The van der Waals surface area contributed by atoms with Gasteiger partial charge in [-0.3, -0.25) is 9.59 Å². The maximum Gasteiger partial charge on any atom is 0.407 e. The number of amides is 1. The monoisotopic (exact) mass is 339 g/mol. The molecule has 0 aliphatic heterocycles. The number of hydrogen-bond acceptors (Lipinski definition) is 5. The van der Waals surface area contributed by atoms with Crippen molar-refractivity contribution in [2.24, 2.45) is 0 Å². The average Bonchev–Trinajstić information content (AvgIpc) is 2.50. The van der Waals surface area contributed by atoms with Gasteiger partial charge in [0.25, 0.3) is 0 Å². The summed E-state index contributed by atoms with van der Waals surface area (Å²) in [6, 6.07) is 0. The SMILES string of the molecule is CC(=O)OCCC(CCN(CC1=CC=CCC1)C(=O)O)OC(C)=O. The van der Waals surface area contributed by atoms with E-state index in [1.807, 2.05) is 18.2 Å². The van der Waals surface area contributed by atoms with Gasteiger partial charge in [0.15, 0.2) is 0 Å². The lowest BCUT2D eigenvalue weighted by Gasteiger charge is -2.24. The second kappa shape index (κ2) is 10.5. The molecule has 0 radical (unpaired) electrons. The van der Waals surface area contributed by atoms with Crippen molar-refractivity contribution in [2.75, 3.05) is 19.7 Å². The molecular weight excluding hydrogens is 314 g/mol. The highest BCUT2D eigenvalue weighted by Gasteiger charge is 2.19. The first-order valence-electron chi connectivity index (χ1n) is 8.01. The number of carbonyl (C=O) groups is 3. The molecule has 24 heavy (non-hydrogen) atoms. The first-order chi connectivity index (χ1) is 11.4. The van der Waals surface area contributed by atoms with Crippen molar-refractivity contribution in [3.05, 3.63) is 23.8 Å². The number of allylic oxidation sites excluding steroid dienone is 3. The van der Waals surface area contributed by atoms with E-state index in [1.54, 1.807) is 0 Å². The molecule has 7 heteroatoms. The molecule has 0 heterocycles. The number of nitrogens with zero attached hydrogens (tertiary/aromatic N) is 1. The zero-order valence-corrected chi connectivity index (χ0v) is 14.2. The van der Waals surface area contributed by atoms with Crippen LogP contribution in [-0.2, 0) is 19.1 Å². The second-order valence-electron chi connectivity index (χ2n) is 5.64. The van der Waals surface area contributed by atoms with Crippen molar-refractivity contribution in [1.82, 2.24) is 4.90 Å². The van der Waals surface area contributed by atoms with Crippen molar-refractivity contribution < 1.29 is 29.0 Å². The van der Waals surface area contributed by atoms with Gasteiger partial charge in [-0.05, 0) is 12.8 Å². The summed E-state index contributed by atoms with van der Waals surface area (Å²) in [5, 5.41) is 9.35. The Balaban J connectivity index is 2.53. The van der Waals surface area contributed by atoms with Crippen LogP contribution in [0.5, 0.6) is 0 Å². The lowest BCUT2D eigenvalue weighted by Crippen LogP contribution is -2.35. The summed E-state index contributed by atoms with van der Waals surface area (Å²) in [6.07, 6.45) is 6.88. The van der Waals surface area contributed by atoms with Gasteiger partial charge in [-0.2, -0.15) is 0 Å². The molecule has 0 spiro atoms. The van der Waals surface area contributed by atoms with Crippen molar-refractivity contribution >= 4 is 18.0 Å². The summed E-state index contributed by atoms with van der Waals surface area (Å²) < 4.78 is 10.0. The molecule has 0 saturated heterocycles. The Hall–Kier alpha value is -2.31. The van der Waals surface area contributed by atoms with E-state index in [2.05, 4.69) is 0 Å². The van der Waals surface area contributed by atoms with Gasteiger partial charge in [0, 0.05) is 39.8 Å². The Bertz CT molecular complexity index is 511. The lowest BCUT2D eigenvalue weighted by molar-refractivity contribution is -0.148. The zero-order valence-electron chi connectivity index (χ0n) is 14.2. The standard InChI is InChI=1S/C17H25NO6/c1-13(19)23-11-9-16(24-14(2)20)8-10-18(17(21)22)12-15-6-4-3-5-7-15/h3-4,6,16H,5,7-12H2,1-2H3,(H,21,22). The van der Waals surface area contributed by atoms with Crippen molar-refractivity contribution in [3.8, 4) is 0 Å². The fourth-order valence-electron chi connectivity index (χ4n) is 2.40. The number of rotatable bonds is 9. The molecule has 1 amide bonds.